The summed E-state index contributed by atoms with van der Waals surface area (Å²) in [6.45, 7) is 1.56. The zero-order valence-corrected chi connectivity index (χ0v) is 8.64. The molecule has 2 aromatic rings. The van der Waals surface area contributed by atoms with E-state index >= 15 is 0 Å². The van der Waals surface area contributed by atoms with Crippen molar-refractivity contribution in [1.82, 2.24) is 0 Å². The number of carbonyl (C=O) groups excluding carboxylic acids is 1. The van der Waals surface area contributed by atoms with Crippen molar-refractivity contribution >= 4 is 27.8 Å². The fourth-order valence-electron chi connectivity index (χ4n) is 1.28. The van der Waals surface area contributed by atoms with Crippen LogP contribution in [0.5, 0.6) is 0 Å². The molecule has 0 N–H and O–H groups in total. The SMILES string of the molecule is CC(=O)SCc1cc2ccccc2o1. The van der Waals surface area contributed by atoms with Gasteiger partial charge in [0, 0.05) is 12.3 Å². The summed E-state index contributed by atoms with van der Waals surface area (Å²) in [5.74, 6) is 1.47. The van der Waals surface area contributed by atoms with Gasteiger partial charge in [0.05, 0.1) is 5.75 Å². The Morgan fingerprint density at radius 3 is 2.93 bits per heavy atom. The number of rotatable bonds is 2. The van der Waals surface area contributed by atoms with Crippen LogP contribution in [0.25, 0.3) is 11.0 Å². The number of benzene rings is 1. The van der Waals surface area contributed by atoms with Crippen LogP contribution in [0.2, 0.25) is 0 Å². The minimum absolute atomic E-state index is 0.116. The molecular weight excluding hydrogens is 196 g/mol. The summed E-state index contributed by atoms with van der Waals surface area (Å²) < 4.78 is 5.55. The Morgan fingerprint density at radius 2 is 2.21 bits per heavy atom. The predicted octanol–water partition coefficient (Wildman–Crippen LogP) is 3.21. The number of thioether (sulfide) groups is 1. The van der Waals surface area contributed by atoms with E-state index in [9.17, 15) is 4.79 Å². The fraction of sp³-hybridized carbons (Fsp3) is 0.182. The number of fused-ring (bicyclic) bond motifs is 1. The molecule has 14 heavy (non-hydrogen) atoms. The van der Waals surface area contributed by atoms with Crippen molar-refractivity contribution in [2.45, 2.75) is 12.7 Å². The average Bonchev–Trinajstić information content (AvgIpc) is 2.57. The Bertz CT molecular complexity index is 426. The van der Waals surface area contributed by atoms with E-state index in [0.717, 1.165) is 16.7 Å². The van der Waals surface area contributed by atoms with E-state index in [4.69, 9.17) is 4.42 Å². The van der Waals surface area contributed by atoms with Crippen LogP contribution >= 0.6 is 11.8 Å². The van der Waals surface area contributed by atoms with Gasteiger partial charge in [-0.05, 0) is 12.1 Å². The molecular formula is C11H10O2S. The van der Waals surface area contributed by atoms with Crippen molar-refractivity contribution in [3.05, 3.63) is 36.1 Å². The molecule has 0 saturated carbocycles. The van der Waals surface area contributed by atoms with Gasteiger partial charge in [0.2, 0.25) is 0 Å². The second kappa shape index (κ2) is 3.88. The first-order valence-electron chi connectivity index (χ1n) is 4.36. The van der Waals surface area contributed by atoms with Crippen LogP contribution in [0.3, 0.4) is 0 Å². The molecule has 0 unspecified atom stereocenters. The van der Waals surface area contributed by atoms with Crippen LogP contribution in [-0.4, -0.2) is 5.12 Å². The Morgan fingerprint density at radius 1 is 1.43 bits per heavy atom. The van der Waals surface area contributed by atoms with Gasteiger partial charge < -0.3 is 4.42 Å². The molecule has 0 saturated heterocycles. The topological polar surface area (TPSA) is 30.2 Å². The van der Waals surface area contributed by atoms with E-state index in [0.29, 0.717) is 5.75 Å². The van der Waals surface area contributed by atoms with Gasteiger partial charge >= 0.3 is 0 Å². The number of furan rings is 1. The maximum absolute atomic E-state index is 10.8. The molecule has 0 radical (unpaired) electrons. The molecule has 1 aromatic carbocycles. The highest BCUT2D eigenvalue weighted by atomic mass is 32.2. The van der Waals surface area contributed by atoms with Gasteiger partial charge in [0.15, 0.2) is 5.12 Å². The highest BCUT2D eigenvalue weighted by Crippen LogP contribution is 2.22. The minimum atomic E-state index is 0.116. The molecule has 0 aliphatic rings. The number of hydrogen-bond acceptors (Lipinski definition) is 3. The third-order valence-corrected chi connectivity index (χ3v) is 2.73. The van der Waals surface area contributed by atoms with Gasteiger partial charge in [-0.25, -0.2) is 0 Å². The van der Waals surface area contributed by atoms with E-state index in [2.05, 4.69) is 0 Å². The molecule has 0 amide bonds. The lowest BCUT2D eigenvalue weighted by Crippen LogP contribution is -1.82. The Balaban J connectivity index is 2.22. The maximum Gasteiger partial charge on any atom is 0.186 e. The molecule has 2 nitrogen and oxygen atoms in total. The Kier molecular flexibility index (Phi) is 2.59. The largest absolute Gasteiger partial charge is 0.460 e. The van der Waals surface area contributed by atoms with Crippen molar-refractivity contribution in [3.63, 3.8) is 0 Å². The summed E-state index contributed by atoms with van der Waals surface area (Å²) in [7, 11) is 0. The van der Waals surface area contributed by atoms with Gasteiger partial charge in [-0.1, -0.05) is 30.0 Å². The van der Waals surface area contributed by atoms with Crippen molar-refractivity contribution in [3.8, 4) is 0 Å². The van der Waals surface area contributed by atoms with Gasteiger partial charge in [0.25, 0.3) is 0 Å². The van der Waals surface area contributed by atoms with Crippen molar-refractivity contribution < 1.29 is 9.21 Å². The average molecular weight is 206 g/mol. The normalized spacial score (nSPS) is 10.6. The molecule has 3 heteroatoms. The standard InChI is InChI=1S/C11H10O2S/c1-8(12)14-7-10-6-9-4-2-3-5-11(9)13-10/h2-6H,7H2,1H3. The molecule has 1 aromatic heterocycles. The molecule has 0 atom stereocenters. The van der Waals surface area contributed by atoms with Gasteiger partial charge in [-0.2, -0.15) is 0 Å². The van der Waals surface area contributed by atoms with E-state index in [-0.39, 0.29) is 5.12 Å². The second-order valence-electron chi connectivity index (χ2n) is 3.03. The summed E-state index contributed by atoms with van der Waals surface area (Å²) >= 11 is 1.27. The molecule has 2 rings (SSSR count). The molecule has 0 aliphatic carbocycles. The number of hydrogen-bond donors (Lipinski definition) is 0. The first-order chi connectivity index (χ1) is 6.75. The van der Waals surface area contributed by atoms with E-state index in [1.54, 1.807) is 6.92 Å². The summed E-state index contributed by atoms with van der Waals surface area (Å²) in [6.07, 6.45) is 0. The molecule has 0 fully saturated rings. The number of para-hydroxylation sites is 1. The zero-order valence-electron chi connectivity index (χ0n) is 7.82. The van der Waals surface area contributed by atoms with E-state index in [1.807, 2.05) is 30.3 Å². The lowest BCUT2D eigenvalue weighted by Gasteiger charge is -1.90. The van der Waals surface area contributed by atoms with Gasteiger partial charge in [-0.3, -0.25) is 4.79 Å². The first-order valence-corrected chi connectivity index (χ1v) is 5.35. The van der Waals surface area contributed by atoms with E-state index < -0.39 is 0 Å². The maximum atomic E-state index is 10.8. The quantitative estimate of drug-likeness (QED) is 0.755. The molecule has 0 spiro atoms. The summed E-state index contributed by atoms with van der Waals surface area (Å²) in [4.78, 5) is 10.8. The van der Waals surface area contributed by atoms with Crippen LogP contribution < -0.4 is 0 Å². The lowest BCUT2D eigenvalue weighted by molar-refractivity contribution is -0.109. The number of carbonyl (C=O) groups is 1. The van der Waals surface area contributed by atoms with Crippen LogP contribution in [0, 0.1) is 0 Å². The molecule has 72 valence electrons. The third kappa shape index (κ3) is 1.99. The molecule has 1 heterocycles. The van der Waals surface area contributed by atoms with Crippen LogP contribution in [0.15, 0.2) is 34.7 Å². The van der Waals surface area contributed by atoms with Crippen LogP contribution in [0.4, 0.5) is 0 Å². The fourth-order valence-corrected chi connectivity index (χ4v) is 1.77. The van der Waals surface area contributed by atoms with Crippen LogP contribution in [0.1, 0.15) is 12.7 Å². The molecule has 0 bridgehead atoms. The lowest BCUT2D eigenvalue weighted by atomic mass is 10.2. The monoisotopic (exact) mass is 206 g/mol. The predicted molar refractivity (Wildman–Crippen MR) is 58.2 cm³/mol. The zero-order chi connectivity index (χ0) is 9.97. The Hall–Kier alpha value is -1.22. The first kappa shape index (κ1) is 9.34. The molecule has 0 aliphatic heterocycles. The van der Waals surface area contributed by atoms with Gasteiger partial charge in [0.1, 0.15) is 11.3 Å². The van der Waals surface area contributed by atoms with Crippen molar-refractivity contribution in [2.24, 2.45) is 0 Å². The smallest absolute Gasteiger partial charge is 0.186 e. The summed E-state index contributed by atoms with van der Waals surface area (Å²) in [5, 5.41) is 1.21. The minimum Gasteiger partial charge on any atom is -0.460 e. The van der Waals surface area contributed by atoms with Crippen molar-refractivity contribution in [1.29, 1.82) is 0 Å². The third-order valence-electron chi connectivity index (χ3n) is 1.89. The highest BCUT2D eigenvalue weighted by molar-refractivity contribution is 8.12. The summed E-state index contributed by atoms with van der Waals surface area (Å²) in [5.41, 5.74) is 0.881. The van der Waals surface area contributed by atoms with Crippen molar-refractivity contribution in [2.75, 3.05) is 0 Å². The summed E-state index contributed by atoms with van der Waals surface area (Å²) in [6, 6.07) is 9.82. The van der Waals surface area contributed by atoms with Gasteiger partial charge in [-0.15, -0.1) is 0 Å². The highest BCUT2D eigenvalue weighted by Gasteiger charge is 2.03. The van der Waals surface area contributed by atoms with E-state index in [1.165, 1.54) is 11.8 Å². The van der Waals surface area contributed by atoms with Crippen LogP contribution in [-0.2, 0) is 10.5 Å². The Labute approximate surface area is 86.3 Å². The second-order valence-corrected chi connectivity index (χ2v) is 4.18.